The van der Waals surface area contributed by atoms with E-state index in [9.17, 15) is 0 Å². The van der Waals surface area contributed by atoms with Gasteiger partial charge in [-0.25, -0.2) is 4.68 Å². The second-order valence-electron chi connectivity index (χ2n) is 3.80. The summed E-state index contributed by atoms with van der Waals surface area (Å²) < 4.78 is 6.85. The zero-order chi connectivity index (χ0) is 12.1. The van der Waals surface area contributed by atoms with E-state index in [1.165, 1.54) is 0 Å². The van der Waals surface area contributed by atoms with Gasteiger partial charge >= 0.3 is 0 Å². The third kappa shape index (κ3) is 2.89. The van der Waals surface area contributed by atoms with Crippen molar-refractivity contribution in [3.8, 4) is 5.69 Å². The summed E-state index contributed by atoms with van der Waals surface area (Å²) in [4.78, 5) is 0. The van der Waals surface area contributed by atoms with Crippen LogP contribution < -0.4 is 5.73 Å². The Morgan fingerprint density at radius 3 is 3.06 bits per heavy atom. The van der Waals surface area contributed by atoms with Crippen LogP contribution in [-0.4, -0.2) is 28.6 Å². The van der Waals surface area contributed by atoms with Gasteiger partial charge in [-0.15, -0.1) is 5.10 Å². The number of nitrogens with zero attached hydrogens (tertiary/aromatic N) is 3. The molecule has 0 spiro atoms. The summed E-state index contributed by atoms with van der Waals surface area (Å²) in [6.45, 7) is 1.18. The highest BCUT2D eigenvalue weighted by atomic mass is 16.5. The molecule has 2 aromatic rings. The van der Waals surface area contributed by atoms with Crippen molar-refractivity contribution in [2.45, 2.75) is 13.0 Å². The monoisotopic (exact) mass is 232 g/mol. The zero-order valence-corrected chi connectivity index (χ0v) is 9.84. The molecular weight excluding hydrogens is 216 g/mol. The molecule has 90 valence electrons. The number of nitrogens with two attached hydrogens (primary N) is 1. The first-order valence-electron chi connectivity index (χ1n) is 5.53. The van der Waals surface area contributed by atoms with Crippen molar-refractivity contribution in [3.05, 3.63) is 41.7 Å². The van der Waals surface area contributed by atoms with Crippen LogP contribution >= 0.6 is 0 Å². The van der Waals surface area contributed by atoms with Crippen molar-refractivity contribution in [1.29, 1.82) is 0 Å². The summed E-state index contributed by atoms with van der Waals surface area (Å²) >= 11 is 0. The maximum absolute atomic E-state index is 5.48. The predicted molar refractivity (Wildman–Crippen MR) is 64.8 cm³/mol. The van der Waals surface area contributed by atoms with E-state index in [0.717, 1.165) is 23.4 Å². The summed E-state index contributed by atoms with van der Waals surface area (Å²) in [6.07, 6.45) is 2.65. The lowest BCUT2D eigenvalue weighted by Crippen LogP contribution is -2.02. The fourth-order valence-electron chi connectivity index (χ4n) is 1.64. The van der Waals surface area contributed by atoms with Gasteiger partial charge in [0.25, 0.3) is 0 Å². The van der Waals surface area contributed by atoms with E-state index in [1.807, 2.05) is 30.5 Å². The van der Waals surface area contributed by atoms with Gasteiger partial charge in [0.15, 0.2) is 0 Å². The smallest absolute Gasteiger partial charge is 0.0844 e. The van der Waals surface area contributed by atoms with E-state index in [1.54, 1.807) is 11.8 Å². The van der Waals surface area contributed by atoms with Crippen molar-refractivity contribution < 1.29 is 4.74 Å². The minimum absolute atomic E-state index is 0.586. The van der Waals surface area contributed by atoms with Gasteiger partial charge in [-0.1, -0.05) is 17.3 Å². The fraction of sp³-hybridized carbons (Fsp3) is 0.333. The van der Waals surface area contributed by atoms with Crippen LogP contribution in [0.1, 0.15) is 11.3 Å². The maximum Gasteiger partial charge on any atom is 0.0844 e. The molecule has 0 fully saturated rings. The van der Waals surface area contributed by atoms with E-state index < -0.39 is 0 Å². The van der Waals surface area contributed by atoms with Crippen molar-refractivity contribution in [2.75, 3.05) is 13.7 Å². The molecule has 5 heteroatoms. The molecule has 0 aliphatic rings. The molecule has 5 nitrogen and oxygen atoms in total. The molecule has 0 amide bonds. The van der Waals surface area contributed by atoms with E-state index >= 15 is 0 Å². The van der Waals surface area contributed by atoms with Crippen molar-refractivity contribution in [2.24, 2.45) is 5.73 Å². The van der Waals surface area contributed by atoms with Gasteiger partial charge in [-0.3, -0.25) is 0 Å². The molecule has 0 unspecified atom stereocenters. The normalized spacial score (nSPS) is 10.7. The molecule has 1 aromatic carbocycles. The van der Waals surface area contributed by atoms with E-state index in [0.29, 0.717) is 13.2 Å². The number of ether oxygens (including phenoxy) is 1. The Morgan fingerprint density at radius 2 is 2.29 bits per heavy atom. The number of aromatic nitrogens is 3. The van der Waals surface area contributed by atoms with Gasteiger partial charge in [0.2, 0.25) is 0 Å². The molecule has 0 bridgehead atoms. The van der Waals surface area contributed by atoms with Crippen LogP contribution in [0.5, 0.6) is 0 Å². The standard InChI is InChI=1S/C12H16N4O/c1-17-9-10-3-2-4-12(7-10)16-8-11(5-6-13)14-15-16/h2-4,7-8H,5-6,9,13H2,1H3. The van der Waals surface area contributed by atoms with Crippen LogP contribution in [-0.2, 0) is 17.8 Å². The first-order chi connectivity index (χ1) is 8.33. The summed E-state index contributed by atoms with van der Waals surface area (Å²) in [6, 6.07) is 8.02. The number of hydrogen-bond donors (Lipinski definition) is 1. The molecule has 17 heavy (non-hydrogen) atoms. The first kappa shape index (κ1) is 11.8. The molecule has 2 rings (SSSR count). The highest BCUT2D eigenvalue weighted by Crippen LogP contribution is 2.10. The largest absolute Gasteiger partial charge is 0.380 e. The molecule has 0 radical (unpaired) electrons. The van der Waals surface area contributed by atoms with Gasteiger partial charge in [0, 0.05) is 13.5 Å². The van der Waals surface area contributed by atoms with Gasteiger partial charge < -0.3 is 10.5 Å². The van der Waals surface area contributed by atoms with Crippen LogP contribution in [0.2, 0.25) is 0 Å². The fourth-order valence-corrected chi connectivity index (χ4v) is 1.64. The minimum Gasteiger partial charge on any atom is -0.380 e. The molecule has 0 aliphatic carbocycles. The quantitative estimate of drug-likeness (QED) is 0.832. The molecule has 1 aromatic heterocycles. The number of methoxy groups -OCH3 is 1. The molecule has 1 heterocycles. The van der Waals surface area contributed by atoms with E-state index in [2.05, 4.69) is 10.3 Å². The van der Waals surface area contributed by atoms with Crippen LogP contribution in [0.3, 0.4) is 0 Å². The number of benzene rings is 1. The average Bonchev–Trinajstić information content (AvgIpc) is 2.79. The summed E-state index contributed by atoms with van der Waals surface area (Å²) in [5.74, 6) is 0. The van der Waals surface area contributed by atoms with Crippen molar-refractivity contribution in [1.82, 2.24) is 15.0 Å². The second kappa shape index (κ2) is 5.56. The molecule has 0 atom stereocenters. The minimum atomic E-state index is 0.586. The van der Waals surface area contributed by atoms with Crippen LogP contribution in [0.4, 0.5) is 0 Å². The lowest BCUT2D eigenvalue weighted by molar-refractivity contribution is 0.185. The third-order valence-electron chi connectivity index (χ3n) is 2.43. The van der Waals surface area contributed by atoms with Crippen LogP contribution in [0.15, 0.2) is 30.5 Å². The number of rotatable bonds is 5. The summed E-state index contributed by atoms with van der Waals surface area (Å²) in [7, 11) is 1.68. The number of hydrogen-bond acceptors (Lipinski definition) is 4. The Labute approximate surface area is 100 Å². The Morgan fingerprint density at radius 1 is 1.41 bits per heavy atom. The molecule has 2 N–H and O–H groups in total. The molecule has 0 saturated heterocycles. The van der Waals surface area contributed by atoms with Crippen LogP contribution in [0, 0.1) is 0 Å². The van der Waals surface area contributed by atoms with E-state index in [4.69, 9.17) is 10.5 Å². The summed E-state index contributed by atoms with van der Waals surface area (Å²) in [5, 5.41) is 8.14. The molecular formula is C12H16N4O. The second-order valence-corrected chi connectivity index (χ2v) is 3.80. The zero-order valence-electron chi connectivity index (χ0n) is 9.84. The predicted octanol–water partition coefficient (Wildman–Crippen LogP) is 0.915. The Hall–Kier alpha value is -1.72. The van der Waals surface area contributed by atoms with Gasteiger partial charge in [-0.05, 0) is 24.2 Å². The topological polar surface area (TPSA) is 66.0 Å². The highest BCUT2D eigenvalue weighted by molar-refractivity contribution is 5.34. The average molecular weight is 232 g/mol. The SMILES string of the molecule is COCc1cccc(-n2cc(CCN)nn2)c1. The summed E-state index contributed by atoms with van der Waals surface area (Å²) in [5.41, 5.74) is 8.48. The highest BCUT2D eigenvalue weighted by Gasteiger charge is 2.02. The first-order valence-corrected chi connectivity index (χ1v) is 5.53. The maximum atomic E-state index is 5.48. The molecule has 0 aliphatic heterocycles. The van der Waals surface area contributed by atoms with Gasteiger partial charge in [-0.2, -0.15) is 0 Å². The van der Waals surface area contributed by atoms with E-state index in [-0.39, 0.29) is 0 Å². The molecule has 0 saturated carbocycles. The van der Waals surface area contributed by atoms with Gasteiger partial charge in [0.05, 0.1) is 24.2 Å². The lowest BCUT2D eigenvalue weighted by Gasteiger charge is -2.03. The van der Waals surface area contributed by atoms with Crippen LogP contribution in [0.25, 0.3) is 5.69 Å². The van der Waals surface area contributed by atoms with Crippen molar-refractivity contribution in [3.63, 3.8) is 0 Å². The third-order valence-corrected chi connectivity index (χ3v) is 2.43. The Kier molecular flexibility index (Phi) is 3.85. The Bertz CT molecular complexity index is 481. The Balaban J connectivity index is 2.22. The van der Waals surface area contributed by atoms with Gasteiger partial charge in [0.1, 0.15) is 0 Å². The lowest BCUT2D eigenvalue weighted by atomic mass is 10.2. The van der Waals surface area contributed by atoms with Crippen molar-refractivity contribution >= 4 is 0 Å².